The zero-order chi connectivity index (χ0) is 12.1. The Morgan fingerprint density at radius 3 is 2.81 bits per heavy atom. The van der Waals surface area contributed by atoms with Crippen molar-refractivity contribution in [1.29, 1.82) is 0 Å². The predicted molar refractivity (Wildman–Crippen MR) is 67.7 cm³/mol. The first-order valence-electron chi connectivity index (χ1n) is 5.35. The minimum atomic E-state index is -0.156. The molecule has 0 heterocycles. The van der Waals surface area contributed by atoms with Crippen molar-refractivity contribution >= 4 is 23.2 Å². The van der Waals surface area contributed by atoms with Gasteiger partial charge < -0.3 is 11.1 Å². The molecule has 1 amide bonds. The molecule has 0 aliphatic rings. The van der Waals surface area contributed by atoms with Gasteiger partial charge in [0.2, 0.25) is 5.91 Å². The van der Waals surface area contributed by atoms with Crippen molar-refractivity contribution in [3.8, 4) is 0 Å². The predicted octanol–water partition coefficient (Wildman–Crippen LogP) is 2.57. The van der Waals surface area contributed by atoms with Gasteiger partial charge in [-0.15, -0.1) is 0 Å². The number of hydrogen-bond donors (Lipinski definition) is 2. The van der Waals surface area contributed by atoms with E-state index in [0.717, 1.165) is 12.0 Å². The summed E-state index contributed by atoms with van der Waals surface area (Å²) < 4.78 is 0. The number of rotatable bonds is 4. The number of hydrogen-bond acceptors (Lipinski definition) is 2. The Morgan fingerprint density at radius 2 is 2.25 bits per heavy atom. The summed E-state index contributed by atoms with van der Waals surface area (Å²) in [5, 5.41) is 3.35. The monoisotopic (exact) mass is 240 g/mol. The van der Waals surface area contributed by atoms with E-state index < -0.39 is 0 Å². The molecule has 0 spiro atoms. The molecule has 1 atom stereocenters. The summed E-state index contributed by atoms with van der Waals surface area (Å²) in [4.78, 5) is 11.8. The van der Waals surface area contributed by atoms with Crippen molar-refractivity contribution in [3.63, 3.8) is 0 Å². The maximum atomic E-state index is 11.8. The molecule has 0 bridgehead atoms. The number of nitrogens with two attached hydrogens (primary N) is 1. The van der Waals surface area contributed by atoms with Crippen LogP contribution in [0.25, 0.3) is 0 Å². The Kier molecular flexibility index (Phi) is 4.77. The highest BCUT2D eigenvalue weighted by Crippen LogP contribution is 2.23. The molecule has 1 aromatic rings. The van der Waals surface area contributed by atoms with E-state index in [1.54, 1.807) is 6.07 Å². The van der Waals surface area contributed by atoms with E-state index >= 15 is 0 Å². The van der Waals surface area contributed by atoms with Gasteiger partial charge in [-0.1, -0.05) is 24.6 Å². The highest BCUT2D eigenvalue weighted by Gasteiger charge is 2.15. The summed E-state index contributed by atoms with van der Waals surface area (Å²) in [6.45, 7) is 4.24. The van der Waals surface area contributed by atoms with Crippen molar-refractivity contribution in [3.05, 3.63) is 28.8 Å². The molecule has 88 valence electrons. The maximum absolute atomic E-state index is 11.8. The fraction of sp³-hybridized carbons (Fsp3) is 0.417. The largest absolute Gasteiger partial charge is 0.330 e. The molecule has 1 aromatic carbocycles. The second-order valence-corrected chi connectivity index (χ2v) is 4.22. The lowest BCUT2D eigenvalue weighted by atomic mass is 10.1. The van der Waals surface area contributed by atoms with E-state index in [1.807, 2.05) is 26.0 Å². The number of halogens is 1. The first-order chi connectivity index (χ1) is 7.58. The van der Waals surface area contributed by atoms with Gasteiger partial charge in [0.1, 0.15) is 0 Å². The summed E-state index contributed by atoms with van der Waals surface area (Å²) in [5.41, 5.74) is 7.22. The molecule has 0 aliphatic heterocycles. The van der Waals surface area contributed by atoms with Crippen molar-refractivity contribution < 1.29 is 4.79 Å². The summed E-state index contributed by atoms with van der Waals surface area (Å²) in [5.74, 6) is -0.228. The van der Waals surface area contributed by atoms with Gasteiger partial charge in [0, 0.05) is 6.54 Å². The molecule has 0 radical (unpaired) electrons. The van der Waals surface area contributed by atoms with E-state index in [-0.39, 0.29) is 11.8 Å². The van der Waals surface area contributed by atoms with Crippen LogP contribution < -0.4 is 11.1 Å². The third kappa shape index (κ3) is 3.22. The van der Waals surface area contributed by atoms with Gasteiger partial charge in [-0.05, 0) is 31.0 Å². The van der Waals surface area contributed by atoms with Crippen molar-refractivity contribution in [1.82, 2.24) is 0 Å². The number of nitrogens with one attached hydrogen (secondary N) is 1. The quantitative estimate of drug-likeness (QED) is 0.850. The van der Waals surface area contributed by atoms with Gasteiger partial charge in [-0.3, -0.25) is 4.79 Å². The van der Waals surface area contributed by atoms with Gasteiger partial charge in [0.25, 0.3) is 0 Å². The van der Waals surface area contributed by atoms with Crippen LogP contribution >= 0.6 is 11.6 Å². The minimum Gasteiger partial charge on any atom is -0.330 e. The molecular weight excluding hydrogens is 224 g/mol. The summed E-state index contributed by atoms with van der Waals surface area (Å²) in [7, 11) is 0. The molecule has 3 N–H and O–H groups in total. The lowest BCUT2D eigenvalue weighted by molar-refractivity contribution is -0.119. The van der Waals surface area contributed by atoms with Crippen LogP contribution in [0.3, 0.4) is 0 Å². The topological polar surface area (TPSA) is 55.1 Å². The minimum absolute atomic E-state index is 0.0718. The molecule has 0 saturated carbocycles. The summed E-state index contributed by atoms with van der Waals surface area (Å²) in [6, 6.07) is 5.53. The number of carbonyl (C=O) groups excluding carboxylic acids is 1. The normalized spacial score (nSPS) is 12.2. The van der Waals surface area contributed by atoms with Crippen LogP contribution in [-0.2, 0) is 4.79 Å². The van der Waals surface area contributed by atoms with E-state index in [4.69, 9.17) is 17.3 Å². The Morgan fingerprint density at radius 1 is 1.56 bits per heavy atom. The van der Waals surface area contributed by atoms with Crippen LogP contribution in [0, 0.1) is 12.8 Å². The molecule has 16 heavy (non-hydrogen) atoms. The Bertz CT molecular complexity index is 375. The lowest BCUT2D eigenvalue weighted by Gasteiger charge is -2.13. The van der Waals surface area contributed by atoms with Crippen LogP contribution in [0.1, 0.15) is 18.9 Å². The fourth-order valence-electron chi connectivity index (χ4n) is 1.43. The first-order valence-corrected chi connectivity index (χ1v) is 5.73. The zero-order valence-corrected chi connectivity index (χ0v) is 10.3. The van der Waals surface area contributed by atoms with Gasteiger partial charge in [0.05, 0.1) is 16.6 Å². The van der Waals surface area contributed by atoms with Gasteiger partial charge >= 0.3 is 0 Å². The average Bonchev–Trinajstić information content (AvgIpc) is 2.25. The lowest BCUT2D eigenvalue weighted by Crippen LogP contribution is -2.28. The number of carbonyl (C=O) groups is 1. The molecule has 0 saturated heterocycles. The van der Waals surface area contributed by atoms with Crippen LogP contribution in [0.15, 0.2) is 18.2 Å². The second kappa shape index (κ2) is 5.87. The molecule has 1 unspecified atom stereocenters. The fourth-order valence-corrected chi connectivity index (χ4v) is 1.59. The maximum Gasteiger partial charge on any atom is 0.228 e. The molecular formula is C12H17ClN2O. The first kappa shape index (κ1) is 13.0. The van der Waals surface area contributed by atoms with Crippen molar-refractivity contribution in [2.45, 2.75) is 20.3 Å². The van der Waals surface area contributed by atoms with Gasteiger partial charge in [0.15, 0.2) is 0 Å². The van der Waals surface area contributed by atoms with E-state index in [9.17, 15) is 4.79 Å². The molecule has 4 heteroatoms. The van der Waals surface area contributed by atoms with Crippen molar-refractivity contribution in [2.24, 2.45) is 11.7 Å². The van der Waals surface area contributed by atoms with E-state index in [2.05, 4.69) is 5.32 Å². The molecule has 0 aliphatic carbocycles. The number of anilines is 1. The molecule has 0 aromatic heterocycles. The van der Waals surface area contributed by atoms with Crippen molar-refractivity contribution in [2.75, 3.05) is 11.9 Å². The summed E-state index contributed by atoms with van der Waals surface area (Å²) in [6.07, 6.45) is 0.728. The Hall–Kier alpha value is -1.06. The summed E-state index contributed by atoms with van der Waals surface area (Å²) >= 11 is 5.99. The van der Waals surface area contributed by atoms with Crippen LogP contribution in [0.2, 0.25) is 5.02 Å². The SMILES string of the molecule is CCC(CN)C(=O)Nc1cc(C)ccc1Cl. The zero-order valence-electron chi connectivity index (χ0n) is 9.59. The third-order valence-corrected chi connectivity index (χ3v) is 2.86. The van der Waals surface area contributed by atoms with Crippen LogP contribution in [0.4, 0.5) is 5.69 Å². The third-order valence-electron chi connectivity index (χ3n) is 2.53. The van der Waals surface area contributed by atoms with Crippen LogP contribution in [0.5, 0.6) is 0 Å². The average molecular weight is 241 g/mol. The highest BCUT2D eigenvalue weighted by molar-refractivity contribution is 6.33. The van der Waals surface area contributed by atoms with Gasteiger partial charge in [-0.2, -0.15) is 0 Å². The van der Waals surface area contributed by atoms with Crippen LogP contribution in [-0.4, -0.2) is 12.5 Å². The highest BCUT2D eigenvalue weighted by atomic mass is 35.5. The molecule has 1 rings (SSSR count). The molecule has 3 nitrogen and oxygen atoms in total. The smallest absolute Gasteiger partial charge is 0.228 e. The second-order valence-electron chi connectivity index (χ2n) is 3.81. The van der Waals surface area contributed by atoms with E-state index in [0.29, 0.717) is 17.3 Å². The van der Waals surface area contributed by atoms with Gasteiger partial charge in [-0.25, -0.2) is 0 Å². The number of amides is 1. The number of aryl methyl sites for hydroxylation is 1. The standard InChI is InChI=1S/C12H17ClN2O/c1-3-9(7-14)12(16)15-11-6-8(2)4-5-10(11)13/h4-6,9H,3,7,14H2,1-2H3,(H,15,16). The molecule has 0 fully saturated rings. The number of benzene rings is 1. The Balaban J connectivity index is 2.80. The Labute approximate surface area is 101 Å². The van der Waals surface area contributed by atoms with E-state index in [1.165, 1.54) is 0 Å².